The summed E-state index contributed by atoms with van der Waals surface area (Å²) in [6.07, 6.45) is 5.60. The lowest BCUT2D eigenvalue weighted by Crippen LogP contribution is -2.38. The highest BCUT2D eigenvalue weighted by molar-refractivity contribution is 7.89. The number of guanidine groups is 1. The summed E-state index contributed by atoms with van der Waals surface area (Å²) < 4.78 is 22.5. The van der Waals surface area contributed by atoms with E-state index >= 15 is 0 Å². The summed E-state index contributed by atoms with van der Waals surface area (Å²) in [5.41, 5.74) is 1.05. The van der Waals surface area contributed by atoms with Gasteiger partial charge in [-0.15, -0.1) is 0 Å². The van der Waals surface area contributed by atoms with Gasteiger partial charge in [-0.05, 0) is 37.5 Å². The molecule has 0 aromatic heterocycles. The van der Waals surface area contributed by atoms with Crippen LogP contribution >= 0.6 is 0 Å². The zero-order valence-electron chi connectivity index (χ0n) is 14.7. The molecule has 1 aromatic rings. The first kappa shape index (κ1) is 20.4. The number of hydrogen-bond donors (Lipinski definition) is 3. The zero-order chi connectivity index (χ0) is 17.8. The third kappa shape index (κ3) is 8.31. The van der Waals surface area contributed by atoms with Gasteiger partial charge in [-0.3, -0.25) is 4.99 Å². The van der Waals surface area contributed by atoms with Crippen LogP contribution in [0.15, 0.2) is 34.2 Å². The van der Waals surface area contributed by atoms with Gasteiger partial charge in [0, 0.05) is 19.6 Å². The molecule has 0 radical (unpaired) electrons. The molecule has 6 nitrogen and oxygen atoms in total. The van der Waals surface area contributed by atoms with Crippen molar-refractivity contribution >= 4 is 16.0 Å². The number of aliphatic imine (C=N–C) groups is 1. The molecule has 0 spiro atoms. The summed E-state index contributed by atoms with van der Waals surface area (Å²) in [6.45, 7) is 6.63. The monoisotopic (exact) mass is 354 g/mol. The van der Waals surface area contributed by atoms with Crippen LogP contribution in [-0.4, -0.2) is 34.0 Å². The number of nitrogens with one attached hydrogen (secondary N) is 2. The van der Waals surface area contributed by atoms with Crippen LogP contribution in [0.25, 0.3) is 0 Å². The number of unbranched alkanes of at least 4 members (excludes halogenated alkanes) is 3. The van der Waals surface area contributed by atoms with E-state index in [-0.39, 0.29) is 4.90 Å². The van der Waals surface area contributed by atoms with Crippen molar-refractivity contribution in [1.82, 2.24) is 10.6 Å². The van der Waals surface area contributed by atoms with E-state index in [2.05, 4.69) is 22.5 Å². The Morgan fingerprint density at radius 1 is 1.08 bits per heavy atom. The van der Waals surface area contributed by atoms with Crippen molar-refractivity contribution in [2.45, 2.75) is 50.8 Å². The lowest BCUT2D eigenvalue weighted by Gasteiger charge is -2.11. The predicted molar refractivity (Wildman–Crippen MR) is 99.6 cm³/mol. The van der Waals surface area contributed by atoms with Crippen molar-refractivity contribution in [3.05, 3.63) is 29.8 Å². The first-order valence-electron chi connectivity index (χ1n) is 8.61. The minimum atomic E-state index is -3.62. The quantitative estimate of drug-likeness (QED) is 0.340. The van der Waals surface area contributed by atoms with Crippen LogP contribution in [-0.2, 0) is 16.4 Å². The standard InChI is InChI=1S/C17H30N4O2S/c1-3-5-6-7-13-20-17(19-4-2)21-14-12-15-8-10-16(11-9-15)24(18,22)23/h8-11H,3-7,12-14H2,1-2H3,(H2,18,22,23)(H2,19,20,21). The smallest absolute Gasteiger partial charge is 0.238 e. The summed E-state index contributed by atoms with van der Waals surface area (Å²) in [5.74, 6) is 0.829. The molecule has 0 atom stereocenters. The Morgan fingerprint density at radius 2 is 1.79 bits per heavy atom. The van der Waals surface area contributed by atoms with Crippen LogP contribution in [0, 0.1) is 0 Å². The fraction of sp³-hybridized carbons (Fsp3) is 0.588. The average molecular weight is 355 g/mol. The second kappa shape index (κ2) is 11.0. The first-order chi connectivity index (χ1) is 11.5. The normalized spacial score (nSPS) is 12.2. The number of hydrogen-bond acceptors (Lipinski definition) is 3. The van der Waals surface area contributed by atoms with Crippen molar-refractivity contribution in [2.24, 2.45) is 10.1 Å². The van der Waals surface area contributed by atoms with Crippen molar-refractivity contribution in [2.75, 3.05) is 19.6 Å². The largest absolute Gasteiger partial charge is 0.357 e. The van der Waals surface area contributed by atoms with Crippen molar-refractivity contribution in [3.8, 4) is 0 Å². The van der Waals surface area contributed by atoms with Gasteiger partial charge in [-0.2, -0.15) is 0 Å². The second-order valence-corrected chi connectivity index (χ2v) is 7.25. The third-order valence-corrected chi connectivity index (χ3v) is 4.51. The molecule has 0 bridgehead atoms. The third-order valence-electron chi connectivity index (χ3n) is 3.58. The molecule has 1 rings (SSSR count). The minimum Gasteiger partial charge on any atom is -0.357 e. The Morgan fingerprint density at radius 3 is 2.38 bits per heavy atom. The SMILES string of the molecule is CCCCCCN=C(NCC)NCCc1ccc(S(N)(=O)=O)cc1. The molecule has 0 saturated carbocycles. The van der Waals surface area contributed by atoms with Gasteiger partial charge in [0.05, 0.1) is 4.90 Å². The Kier molecular flexibility index (Phi) is 9.41. The molecule has 0 aliphatic heterocycles. The number of nitrogens with zero attached hydrogens (tertiary/aromatic N) is 1. The summed E-state index contributed by atoms with van der Waals surface area (Å²) in [6, 6.07) is 6.65. The maximum absolute atomic E-state index is 11.2. The molecule has 0 saturated heterocycles. The number of rotatable bonds is 10. The molecule has 4 N–H and O–H groups in total. The molecule has 136 valence electrons. The van der Waals surface area contributed by atoms with Crippen LogP contribution in [0.1, 0.15) is 45.1 Å². The number of primary sulfonamides is 1. The second-order valence-electron chi connectivity index (χ2n) is 5.69. The van der Waals surface area contributed by atoms with E-state index in [0.717, 1.165) is 44.0 Å². The van der Waals surface area contributed by atoms with E-state index in [1.807, 2.05) is 6.92 Å². The van der Waals surface area contributed by atoms with Gasteiger partial charge in [0.15, 0.2) is 5.96 Å². The number of sulfonamides is 1. The van der Waals surface area contributed by atoms with Gasteiger partial charge in [0.1, 0.15) is 0 Å². The van der Waals surface area contributed by atoms with E-state index < -0.39 is 10.0 Å². The van der Waals surface area contributed by atoms with Crippen LogP contribution in [0.5, 0.6) is 0 Å². The lowest BCUT2D eigenvalue weighted by atomic mass is 10.1. The van der Waals surface area contributed by atoms with Gasteiger partial charge < -0.3 is 10.6 Å². The average Bonchev–Trinajstić information content (AvgIpc) is 2.54. The molecule has 24 heavy (non-hydrogen) atoms. The number of nitrogens with two attached hydrogens (primary N) is 1. The zero-order valence-corrected chi connectivity index (χ0v) is 15.5. The van der Waals surface area contributed by atoms with Gasteiger partial charge in [0.25, 0.3) is 0 Å². The molecule has 7 heteroatoms. The van der Waals surface area contributed by atoms with Crippen molar-refractivity contribution in [3.63, 3.8) is 0 Å². The van der Waals surface area contributed by atoms with Gasteiger partial charge >= 0.3 is 0 Å². The van der Waals surface area contributed by atoms with E-state index in [4.69, 9.17) is 5.14 Å². The molecule has 0 amide bonds. The van der Waals surface area contributed by atoms with Crippen molar-refractivity contribution in [1.29, 1.82) is 0 Å². The summed E-state index contributed by atoms with van der Waals surface area (Å²) >= 11 is 0. The van der Waals surface area contributed by atoms with Crippen LogP contribution in [0.2, 0.25) is 0 Å². The molecule has 0 heterocycles. The van der Waals surface area contributed by atoms with E-state index in [1.54, 1.807) is 12.1 Å². The fourth-order valence-electron chi connectivity index (χ4n) is 2.24. The molecule has 0 unspecified atom stereocenters. The molecule has 0 aliphatic carbocycles. The van der Waals surface area contributed by atoms with E-state index in [9.17, 15) is 8.42 Å². The van der Waals surface area contributed by atoms with Crippen molar-refractivity contribution < 1.29 is 8.42 Å². The molecule has 0 aliphatic rings. The highest BCUT2D eigenvalue weighted by Crippen LogP contribution is 2.08. The van der Waals surface area contributed by atoms with E-state index in [0.29, 0.717) is 0 Å². The molecular weight excluding hydrogens is 324 g/mol. The molecule has 0 fully saturated rings. The fourth-order valence-corrected chi connectivity index (χ4v) is 2.76. The Bertz CT molecular complexity index is 598. The predicted octanol–water partition coefficient (Wildman–Crippen LogP) is 2.01. The van der Waals surface area contributed by atoms with Crippen LogP contribution in [0.4, 0.5) is 0 Å². The number of benzene rings is 1. The van der Waals surface area contributed by atoms with Gasteiger partial charge in [-0.1, -0.05) is 38.3 Å². The van der Waals surface area contributed by atoms with E-state index in [1.165, 1.54) is 31.4 Å². The van der Waals surface area contributed by atoms with Crippen LogP contribution < -0.4 is 15.8 Å². The lowest BCUT2D eigenvalue weighted by molar-refractivity contribution is 0.598. The van der Waals surface area contributed by atoms with Gasteiger partial charge in [-0.25, -0.2) is 13.6 Å². The van der Waals surface area contributed by atoms with Gasteiger partial charge in [0.2, 0.25) is 10.0 Å². The summed E-state index contributed by atoms with van der Waals surface area (Å²) in [7, 11) is -3.62. The maximum Gasteiger partial charge on any atom is 0.238 e. The Hall–Kier alpha value is -1.60. The molecule has 1 aromatic carbocycles. The van der Waals surface area contributed by atoms with Crippen LogP contribution in [0.3, 0.4) is 0 Å². The Balaban J connectivity index is 2.42. The molecular formula is C17H30N4O2S. The minimum absolute atomic E-state index is 0.140. The highest BCUT2D eigenvalue weighted by Gasteiger charge is 2.06. The maximum atomic E-state index is 11.2. The summed E-state index contributed by atoms with van der Waals surface area (Å²) in [5, 5.41) is 11.6. The first-order valence-corrected chi connectivity index (χ1v) is 10.2. The summed E-state index contributed by atoms with van der Waals surface area (Å²) in [4.78, 5) is 4.70. The highest BCUT2D eigenvalue weighted by atomic mass is 32.2. The topological polar surface area (TPSA) is 96.6 Å². The Labute approximate surface area is 146 Å².